The largest absolute Gasteiger partial charge is 0.476 e. The van der Waals surface area contributed by atoms with E-state index in [1.807, 2.05) is 19.9 Å². The molecule has 0 radical (unpaired) electrons. The van der Waals surface area contributed by atoms with Crippen LogP contribution < -0.4 is 15.8 Å². The fourth-order valence-corrected chi connectivity index (χ4v) is 1.48. The number of rotatable bonds is 8. The molecule has 1 atom stereocenters. The van der Waals surface area contributed by atoms with Crippen LogP contribution in [0.1, 0.15) is 27.7 Å². The lowest BCUT2D eigenvalue weighted by atomic mass is 10.2. The number of ether oxygens (including phenoxy) is 2. The standard InChI is InChI=1S/C14H25N3O2/c1-5-18-9-11(4)16-13-7-6-12(15)14(17-13)19-8-10(2)3/h6-7,10-11H,5,8-9,15H2,1-4H3,(H,16,17). The molecule has 1 aromatic rings. The summed E-state index contributed by atoms with van der Waals surface area (Å²) in [5.74, 6) is 1.68. The summed E-state index contributed by atoms with van der Waals surface area (Å²) >= 11 is 0. The van der Waals surface area contributed by atoms with Gasteiger partial charge in [-0.25, -0.2) is 0 Å². The van der Waals surface area contributed by atoms with E-state index >= 15 is 0 Å². The minimum Gasteiger partial charge on any atom is -0.476 e. The lowest BCUT2D eigenvalue weighted by molar-refractivity contribution is 0.141. The number of anilines is 2. The van der Waals surface area contributed by atoms with E-state index in [1.54, 1.807) is 6.07 Å². The molecule has 0 aliphatic rings. The van der Waals surface area contributed by atoms with Crippen LogP contribution in [0.15, 0.2) is 12.1 Å². The lowest BCUT2D eigenvalue weighted by Gasteiger charge is -2.16. The third kappa shape index (κ3) is 5.79. The maximum absolute atomic E-state index is 5.85. The Hall–Kier alpha value is -1.49. The average Bonchev–Trinajstić information content (AvgIpc) is 2.37. The van der Waals surface area contributed by atoms with Gasteiger partial charge in [0.05, 0.1) is 18.9 Å². The van der Waals surface area contributed by atoms with E-state index in [0.717, 1.165) is 5.82 Å². The monoisotopic (exact) mass is 267 g/mol. The fourth-order valence-electron chi connectivity index (χ4n) is 1.48. The molecule has 1 aromatic heterocycles. The Morgan fingerprint density at radius 2 is 2.00 bits per heavy atom. The normalized spacial score (nSPS) is 12.5. The molecule has 5 heteroatoms. The summed E-state index contributed by atoms with van der Waals surface area (Å²) in [7, 11) is 0. The molecule has 0 fully saturated rings. The van der Waals surface area contributed by atoms with Crippen molar-refractivity contribution in [2.24, 2.45) is 5.92 Å². The molecule has 1 unspecified atom stereocenters. The van der Waals surface area contributed by atoms with Crippen LogP contribution in [0.4, 0.5) is 11.5 Å². The van der Waals surface area contributed by atoms with Crippen LogP contribution >= 0.6 is 0 Å². The van der Waals surface area contributed by atoms with Gasteiger partial charge in [-0.2, -0.15) is 4.98 Å². The first-order chi connectivity index (χ1) is 9.02. The summed E-state index contributed by atoms with van der Waals surface area (Å²) < 4.78 is 10.9. The summed E-state index contributed by atoms with van der Waals surface area (Å²) in [5, 5.41) is 3.26. The van der Waals surface area contributed by atoms with Gasteiger partial charge in [0.2, 0.25) is 5.88 Å². The number of aromatic nitrogens is 1. The Kier molecular flexibility index (Phi) is 6.42. The van der Waals surface area contributed by atoms with Gasteiger partial charge in [-0.05, 0) is 31.9 Å². The average molecular weight is 267 g/mol. The zero-order valence-electron chi connectivity index (χ0n) is 12.3. The highest BCUT2D eigenvalue weighted by atomic mass is 16.5. The van der Waals surface area contributed by atoms with Crippen molar-refractivity contribution in [3.8, 4) is 5.88 Å². The van der Waals surface area contributed by atoms with Gasteiger partial charge in [-0.15, -0.1) is 0 Å². The van der Waals surface area contributed by atoms with E-state index in [9.17, 15) is 0 Å². The molecule has 3 N–H and O–H groups in total. The SMILES string of the molecule is CCOCC(C)Nc1ccc(N)c(OCC(C)C)n1. The summed E-state index contributed by atoms with van der Waals surface area (Å²) in [4.78, 5) is 4.38. The Morgan fingerprint density at radius 1 is 1.26 bits per heavy atom. The molecular formula is C14H25N3O2. The molecule has 0 aliphatic heterocycles. The summed E-state index contributed by atoms with van der Waals surface area (Å²) in [6.45, 7) is 10.2. The van der Waals surface area contributed by atoms with Crippen LogP contribution in [0.5, 0.6) is 5.88 Å². The molecule has 1 rings (SSSR count). The minimum atomic E-state index is 0.189. The van der Waals surface area contributed by atoms with Crippen molar-refractivity contribution in [3.05, 3.63) is 12.1 Å². The van der Waals surface area contributed by atoms with Crippen molar-refractivity contribution in [1.29, 1.82) is 0 Å². The first-order valence-corrected chi connectivity index (χ1v) is 6.76. The van der Waals surface area contributed by atoms with Crippen LogP contribution in [0.3, 0.4) is 0 Å². The van der Waals surface area contributed by atoms with E-state index in [2.05, 4.69) is 24.1 Å². The summed E-state index contributed by atoms with van der Waals surface area (Å²) in [5.41, 5.74) is 6.41. The van der Waals surface area contributed by atoms with Crippen molar-refractivity contribution >= 4 is 11.5 Å². The predicted octanol–water partition coefficient (Wildman–Crippen LogP) is 2.54. The number of nitrogens with zero attached hydrogens (tertiary/aromatic N) is 1. The zero-order chi connectivity index (χ0) is 14.3. The van der Waals surface area contributed by atoms with Crippen molar-refractivity contribution in [1.82, 2.24) is 4.98 Å². The van der Waals surface area contributed by atoms with E-state index in [0.29, 0.717) is 37.3 Å². The number of nitrogen functional groups attached to an aromatic ring is 1. The number of hydrogen-bond donors (Lipinski definition) is 2. The van der Waals surface area contributed by atoms with Gasteiger partial charge >= 0.3 is 0 Å². The van der Waals surface area contributed by atoms with Crippen LogP contribution in [0.25, 0.3) is 0 Å². The highest BCUT2D eigenvalue weighted by Gasteiger charge is 2.08. The van der Waals surface area contributed by atoms with Crippen molar-refractivity contribution in [2.45, 2.75) is 33.7 Å². The Balaban J connectivity index is 2.62. The third-order valence-corrected chi connectivity index (χ3v) is 2.41. The molecular weight excluding hydrogens is 242 g/mol. The molecule has 0 aromatic carbocycles. The second kappa shape index (κ2) is 7.84. The molecule has 0 saturated carbocycles. The maximum atomic E-state index is 5.85. The predicted molar refractivity (Wildman–Crippen MR) is 78.6 cm³/mol. The van der Waals surface area contributed by atoms with E-state index in [4.69, 9.17) is 15.2 Å². The first-order valence-electron chi connectivity index (χ1n) is 6.76. The van der Waals surface area contributed by atoms with Gasteiger partial charge in [0, 0.05) is 12.6 Å². The maximum Gasteiger partial charge on any atom is 0.239 e. The molecule has 1 heterocycles. The smallest absolute Gasteiger partial charge is 0.239 e. The fraction of sp³-hybridized carbons (Fsp3) is 0.643. The minimum absolute atomic E-state index is 0.189. The van der Waals surface area contributed by atoms with Gasteiger partial charge in [-0.1, -0.05) is 13.8 Å². The molecule has 0 bridgehead atoms. The number of nitrogens with one attached hydrogen (secondary N) is 1. The van der Waals surface area contributed by atoms with Gasteiger partial charge in [0.25, 0.3) is 0 Å². The first kappa shape index (κ1) is 15.6. The molecule has 108 valence electrons. The molecule has 5 nitrogen and oxygen atoms in total. The van der Waals surface area contributed by atoms with Gasteiger partial charge in [-0.3, -0.25) is 0 Å². The number of nitrogens with two attached hydrogens (primary N) is 1. The van der Waals surface area contributed by atoms with E-state index < -0.39 is 0 Å². The van der Waals surface area contributed by atoms with Gasteiger partial charge in [0.1, 0.15) is 5.82 Å². The van der Waals surface area contributed by atoms with Gasteiger partial charge < -0.3 is 20.5 Å². The molecule has 0 aliphatic carbocycles. The van der Waals surface area contributed by atoms with Crippen molar-refractivity contribution in [2.75, 3.05) is 30.9 Å². The highest BCUT2D eigenvalue weighted by Crippen LogP contribution is 2.21. The van der Waals surface area contributed by atoms with Crippen LogP contribution in [-0.2, 0) is 4.74 Å². The third-order valence-electron chi connectivity index (χ3n) is 2.41. The number of pyridine rings is 1. The molecule has 19 heavy (non-hydrogen) atoms. The van der Waals surface area contributed by atoms with Crippen molar-refractivity contribution < 1.29 is 9.47 Å². The molecule has 0 spiro atoms. The van der Waals surface area contributed by atoms with Crippen LogP contribution in [0, 0.1) is 5.92 Å². The highest BCUT2D eigenvalue weighted by molar-refractivity contribution is 5.53. The Bertz CT molecular complexity index is 383. The summed E-state index contributed by atoms with van der Waals surface area (Å²) in [6, 6.07) is 3.84. The molecule has 0 amide bonds. The Morgan fingerprint density at radius 3 is 2.63 bits per heavy atom. The van der Waals surface area contributed by atoms with Gasteiger partial charge in [0.15, 0.2) is 0 Å². The zero-order valence-corrected chi connectivity index (χ0v) is 12.3. The number of hydrogen-bond acceptors (Lipinski definition) is 5. The van der Waals surface area contributed by atoms with E-state index in [-0.39, 0.29) is 6.04 Å². The topological polar surface area (TPSA) is 69.4 Å². The van der Waals surface area contributed by atoms with Crippen LogP contribution in [-0.4, -0.2) is 30.8 Å². The van der Waals surface area contributed by atoms with Crippen molar-refractivity contribution in [3.63, 3.8) is 0 Å². The van der Waals surface area contributed by atoms with E-state index in [1.165, 1.54) is 0 Å². The second-order valence-electron chi connectivity index (χ2n) is 5.00. The Labute approximate surface area is 115 Å². The lowest BCUT2D eigenvalue weighted by Crippen LogP contribution is -2.22. The second-order valence-corrected chi connectivity index (χ2v) is 5.00. The quantitative estimate of drug-likeness (QED) is 0.757. The molecule has 0 saturated heterocycles. The summed E-state index contributed by atoms with van der Waals surface area (Å²) in [6.07, 6.45) is 0. The van der Waals surface area contributed by atoms with Crippen LogP contribution in [0.2, 0.25) is 0 Å².